The second kappa shape index (κ2) is 6.61. The molecule has 0 saturated carbocycles. The first-order valence-electron chi connectivity index (χ1n) is 8.08. The number of aliphatic hydroxyl groups excluding tert-OH is 1. The van der Waals surface area contributed by atoms with Gasteiger partial charge in [-0.25, -0.2) is 9.78 Å². The van der Waals surface area contributed by atoms with Crippen molar-refractivity contribution >= 4 is 34.3 Å². The summed E-state index contributed by atoms with van der Waals surface area (Å²) in [5.41, 5.74) is 2.52. The van der Waals surface area contributed by atoms with E-state index < -0.39 is 5.63 Å². The molecular formula is C21H15NO3S. The van der Waals surface area contributed by atoms with Crippen LogP contribution in [0.25, 0.3) is 33.4 Å². The van der Waals surface area contributed by atoms with Gasteiger partial charge in [0.15, 0.2) is 11.3 Å². The van der Waals surface area contributed by atoms with Gasteiger partial charge in [0.05, 0.1) is 4.88 Å². The highest BCUT2D eigenvalue weighted by Crippen LogP contribution is 2.34. The highest BCUT2D eigenvalue weighted by molar-refractivity contribution is 7.16. The summed E-state index contributed by atoms with van der Waals surface area (Å²) in [6.07, 6.45) is 1.37. The lowest BCUT2D eigenvalue weighted by Crippen LogP contribution is -2.06. The van der Waals surface area contributed by atoms with Crippen LogP contribution in [0.1, 0.15) is 16.1 Å². The molecule has 1 N–H and O–H groups in total. The van der Waals surface area contributed by atoms with E-state index in [1.54, 1.807) is 18.2 Å². The third kappa shape index (κ3) is 3.05. The number of para-hydroxylation sites is 2. The molecule has 128 valence electrons. The van der Waals surface area contributed by atoms with Gasteiger partial charge in [-0.3, -0.25) is 0 Å². The van der Waals surface area contributed by atoms with E-state index in [1.165, 1.54) is 17.4 Å². The van der Waals surface area contributed by atoms with E-state index in [4.69, 9.17) is 4.42 Å². The van der Waals surface area contributed by atoms with Gasteiger partial charge in [0.1, 0.15) is 11.3 Å². The molecule has 0 spiro atoms. The van der Waals surface area contributed by atoms with Crippen LogP contribution < -0.4 is 5.63 Å². The number of benzene rings is 2. The van der Waals surface area contributed by atoms with E-state index in [2.05, 4.69) is 4.98 Å². The largest absolute Gasteiger partial charge is 0.506 e. The fourth-order valence-electron chi connectivity index (χ4n) is 2.73. The Labute approximate surface area is 153 Å². The quantitative estimate of drug-likeness (QED) is 0.504. The summed E-state index contributed by atoms with van der Waals surface area (Å²) in [6, 6.07) is 19.0. The number of aryl methyl sites for hydroxylation is 1. The summed E-state index contributed by atoms with van der Waals surface area (Å²) >= 11 is 1.47. The van der Waals surface area contributed by atoms with Gasteiger partial charge in [-0.15, -0.1) is 11.3 Å². The maximum Gasteiger partial charge on any atom is 0.362 e. The number of nitrogens with zero attached hydrogens (tertiary/aromatic N) is 1. The Bertz CT molecular complexity index is 1170. The van der Waals surface area contributed by atoms with Crippen molar-refractivity contribution in [3.63, 3.8) is 0 Å². The average Bonchev–Trinajstić information content (AvgIpc) is 3.05. The second-order valence-corrected chi connectivity index (χ2v) is 6.92. The maximum absolute atomic E-state index is 12.1. The molecule has 26 heavy (non-hydrogen) atoms. The number of hydrogen-bond acceptors (Lipinski definition) is 5. The molecule has 0 aliphatic rings. The minimum absolute atomic E-state index is 0.00441. The molecule has 0 fully saturated rings. The van der Waals surface area contributed by atoms with Gasteiger partial charge in [0.2, 0.25) is 0 Å². The minimum atomic E-state index is -0.576. The Kier molecular flexibility index (Phi) is 4.14. The summed E-state index contributed by atoms with van der Waals surface area (Å²) in [6.45, 7) is 1.93. The summed E-state index contributed by atoms with van der Waals surface area (Å²) < 4.78 is 5.26. The zero-order valence-corrected chi connectivity index (χ0v) is 14.8. The lowest BCUT2D eigenvalue weighted by Gasteiger charge is -2.00. The molecule has 0 atom stereocenters. The lowest BCUT2D eigenvalue weighted by molar-refractivity contribution is 0.515. The van der Waals surface area contributed by atoms with Gasteiger partial charge >= 0.3 is 5.63 Å². The van der Waals surface area contributed by atoms with E-state index in [-0.39, 0.29) is 11.5 Å². The maximum atomic E-state index is 12.1. The minimum Gasteiger partial charge on any atom is -0.506 e. The SMILES string of the molecule is Cc1cc(-c2ccccc2)sc1C(O)=Cc1nc2ccccc2oc1=O. The molecule has 2 heterocycles. The van der Waals surface area contributed by atoms with Crippen molar-refractivity contribution in [3.8, 4) is 10.4 Å². The van der Waals surface area contributed by atoms with Crippen molar-refractivity contribution in [3.05, 3.63) is 87.2 Å². The van der Waals surface area contributed by atoms with Crippen molar-refractivity contribution in [2.45, 2.75) is 6.92 Å². The standard InChI is InChI=1S/C21H15NO3S/c1-13-11-19(14-7-3-2-4-8-14)26-20(13)17(23)12-16-21(24)25-18-10-6-5-9-15(18)22-16/h2-12,23H,1H3. The fraction of sp³-hybridized carbons (Fsp3) is 0.0476. The van der Waals surface area contributed by atoms with Gasteiger partial charge in [-0.1, -0.05) is 42.5 Å². The number of fused-ring (bicyclic) bond motifs is 1. The monoisotopic (exact) mass is 361 g/mol. The van der Waals surface area contributed by atoms with Crippen molar-refractivity contribution in [1.29, 1.82) is 0 Å². The van der Waals surface area contributed by atoms with Crippen LogP contribution in [-0.4, -0.2) is 10.1 Å². The van der Waals surface area contributed by atoms with Crippen LogP contribution in [0.5, 0.6) is 0 Å². The summed E-state index contributed by atoms with van der Waals surface area (Å²) in [5, 5.41) is 10.6. The zero-order chi connectivity index (χ0) is 18.1. The van der Waals surface area contributed by atoms with E-state index in [9.17, 15) is 9.90 Å². The van der Waals surface area contributed by atoms with E-state index >= 15 is 0 Å². The zero-order valence-electron chi connectivity index (χ0n) is 14.0. The summed E-state index contributed by atoms with van der Waals surface area (Å²) in [7, 11) is 0. The molecule has 4 rings (SSSR count). The second-order valence-electron chi connectivity index (χ2n) is 5.87. The van der Waals surface area contributed by atoms with Crippen molar-refractivity contribution in [2.75, 3.05) is 0 Å². The molecule has 2 aromatic heterocycles. The predicted octanol–water partition coefficient (Wildman–Crippen LogP) is 5.28. The number of aliphatic hydroxyl groups is 1. The van der Waals surface area contributed by atoms with Crippen molar-refractivity contribution in [2.24, 2.45) is 0 Å². The first-order chi connectivity index (χ1) is 12.6. The van der Waals surface area contributed by atoms with Crippen LogP contribution in [0, 0.1) is 6.92 Å². The topological polar surface area (TPSA) is 63.3 Å². The lowest BCUT2D eigenvalue weighted by atomic mass is 10.1. The Morgan fingerprint density at radius 2 is 1.85 bits per heavy atom. The molecule has 0 amide bonds. The first kappa shape index (κ1) is 16.3. The van der Waals surface area contributed by atoms with Crippen LogP contribution in [0.3, 0.4) is 0 Å². The number of thiophene rings is 1. The molecule has 0 aliphatic carbocycles. The third-order valence-electron chi connectivity index (χ3n) is 4.00. The van der Waals surface area contributed by atoms with Gasteiger partial charge in [0, 0.05) is 11.0 Å². The Hall–Kier alpha value is -3.18. The first-order valence-corrected chi connectivity index (χ1v) is 8.90. The summed E-state index contributed by atoms with van der Waals surface area (Å²) in [5.74, 6) is 0.00441. The number of hydrogen-bond donors (Lipinski definition) is 1. The molecule has 4 nitrogen and oxygen atoms in total. The third-order valence-corrected chi connectivity index (χ3v) is 5.31. The Balaban J connectivity index is 1.76. The molecule has 4 aromatic rings. The normalized spacial score (nSPS) is 11.8. The van der Waals surface area contributed by atoms with Crippen LogP contribution in [-0.2, 0) is 0 Å². The van der Waals surface area contributed by atoms with E-state index in [0.29, 0.717) is 16.0 Å². The van der Waals surface area contributed by atoms with Crippen LogP contribution in [0.2, 0.25) is 0 Å². The van der Waals surface area contributed by atoms with E-state index in [0.717, 1.165) is 16.0 Å². The molecule has 0 saturated heterocycles. The smallest absolute Gasteiger partial charge is 0.362 e. The molecule has 0 aliphatic heterocycles. The van der Waals surface area contributed by atoms with Gasteiger partial charge in [0.25, 0.3) is 0 Å². The molecule has 0 radical (unpaired) electrons. The van der Waals surface area contributed by atoms with Crippen LogP contribution in [0.15, 0.2) is 69.9 Å². The van der Waals surface area contributed by atoms with Crippen molar-refractivity contribution in [1.82, 2.24) is 4.98 Å². The highest BCUT2D eigenvalue weighted by atomic mass is 32.1. The summed E-state index contributed by atoms with van der Waals surface area (Å²) in [4.78, 5) is 18.2. The van der Waals surface area contributed by atoms with Crippen LogP contribution in [0.4, 0.5) is 0 Å². The molecule has 5 heteroatoms. The highest BCUT2D eigenvalue weighted by Gasteiger charge is 2.13. The van der Waals surface area contributed by atoms with Gasteiger partial charge in [-0.05, 0) is 36.2 Å². The Morgan fingerprint density at radius 1 is 1.12 bits per heavy atom. The molecule has 0 bridgehead atoms. The fourth-order valence-corrected chi connectivity index (χ4v) is 3.82. The molecular weight excluding hydrogens is 346 g/mol. The van der Waals surface area contributed by atoms with Gasteiger partial charge in [-0.2, -0.15) is 0 Å². The molecule has 0 unspecified atom stereocenters. The van der Waals surface area contributed by atoms with E-state index in [1.807, 2.05) is 49.4 Å². The van der Waals surface area contributed by atoms with Crippen LogP contribution >= 0.6 is 11.3 Å². The number of aromatic nitrogens is 1. The molecule has 2 aromatic carbocycles. The number of rotatable bonds is 3. The van der Waals surface area contributed by atoms with Crippen molar-refractivity contribution < 1.29 is 9.52 Å². The van der Waals surface area contributed by atoms with Gasteiger partial charge < -0.3 is 9.52 Å². The predicted molar refractivity (Wildman–Crippen MR) is 105 cm³/mol. The average molecular weight is 361 g/mol. The Morgan fingerprint density at radius 3 is 2.65 bits per heavy atom.